The first-order chi connectivity index (χ1) is 6.29. The van der Waals surface area contributed by atoms with Crippen molar-refractivity contribution in [3.8, 4) is 5.88 Å². The third-order valence-corrected chi connectivity index (χ3v) is 2.81. The lowest BCUT2D eigenvalue weighted by atomic mass is 10.6. The summed E-state index contributed by atoms with van der Waals surface area (Å²) in [5.41, 5.74) is -0.615. The Labute approximate surface area is 88.0 Å². The number of aromatic nitrogens is 2. The Kier molecular flexibility index (Phi) is 2.95. The number of hydrogen-bond donors (Lipinski definition) is 2. The summed E-state index contributed by atoms with van der Waals surface area (Å²) in [7, 11) is -3.28. The number of nitrogens with zero attached hydrogens (tertiary/aromatic N) is 1. The number of nitrogens with one attached hydrogen (secondary N) is 1. The molecule has 0 aliphatic rings. The summed E-state index contributed by atoms with van der Waals surface area (Å²) < 4.78 is 21.6. The highest BCUT2D eigenvalue weighted by atomic mass is 79.9. The molecule has 8 heteroatoms. The van der Waals surface area contributed by atoms with Gasteiger partial charge in [0.25, 0.3) is 5.56 Å². The smallest absolute Gasteiger partial charge is 0.269 e. The highest BCUT2D eigenvalue weighted by molar-refractivity contribution is 9.10. The molecule has 0 fully saturated rings. The van der Waals surface area contributed by atoms with Crippen LogP contribution >= 0.6 is 15.9 Å². The highest BCUT2D eigenvalue weighted by Crippen LogP contribution is 2.15. The lowest BCUT2D eigenvalue weighted by Gasteiger charge is -2.00. The predicted molar refractivity (Wildman–Crippen MR) is 52.8 cm³/mol. The van der Waals surface area contributed by atoms with E-state index in [0.717, 1.165) is 6.26 Å². The van der Waals surface area contributed by atoms with Crippen LogP contribution in [-0.2, 0) is 15.6 Å². The number of halogens is 1. The summed E-state index contributed by atoms with van der Waals surface area (Å²) in [5.74, 6) is -1.02. The maximum atomic E-state index is 11.0. The van der Waals surface area contributed by atoms with Gasteiger partial charge in [0.15, 0.2) is 9.84 Å². The van der Waals surface area contributed by atoms with Gasteiger partial charge in [0.2, 0.25) is 5.88 Å². The monoisotopic (exact) mass is 282 g/mol. The van der Waals surface area contributed by atoms with E-state index in [0.29, 0.717) is 0 Å². The number of aromatic hydroxyl groups is 1. The Balaban J connectivity index is 3.21. The van der Waals surface area contributed by atoms with Crippen LogP contribution in [0.3, 0.4) is 0 Å². The molecule has 2 N–H and O–H groups in total. The van der Waals surface area contributed by atoms with Crippen LogP contribution in [-0.4, -0.2) is 29.7 Å². The summed E-state index contributed by atoms with van der Waals surface area (Å²) in [4.78, 5) is 16.8. The van der Waals surface area contributed by atoms with Gasteiger partial charge in [-0.1, -0.05) is 0 Å². The van der Waals surface area contributed by atoms with Gasteiger partial charge in [-0.25, -0.2) is 8.42 Å². The van der Waals surface area contributed by atoms with Crippen molar-refractivity contribution in [2.45, 2.75) is 5.75 Å². The first kappa shape index (κ1) is 11.2. The standard InChI is InChI=1S/C6H7BrN2O4S/c1-14(12,13)2-3-8-5(10)4(7)6(11)9-3/h2H2,1H3,(H2,8,9,10,11). The first-order valence-electron chi connectivity index (χ1n) is 3.45. The minimum Gasteiger partial charge on any atom is -0.492 e. The highest BCUT2D eigenvalue weighted by Gasteiger charge is 2.11. The van der Waals surface area contributed by atoms with E-state index in [1.54, 1.807) is 0 Å². The Morgan fingerprint density at radius 2 is 2.14 bits per heavy atom. The second-order valence-corrected chi connectivity index (χ2v) is 5.65. The van der Waals surface area contributed by atoms with E-state index in [1.165, 1.54) is 0 Å². The average Bonchev–Trinajstić information content (AvgIpc) is 1.96. The number of rotatable bonds is 2. The Hall–Kier alpha value is -0.890. The number of sulfone groups is 1. The van der Waals surface area contributed by atoms with Crippen molar-refractivity contribution < 1.29 is 13.5 Å². The summed E-state index contributed by atoms with van der Waals surface area (Å²) in [6, 6.07) is 0. The maximum Gasteiger partial charge on any atom is 0.269 e. The van der Waals surface area contributed by atoms with Gasteiger partial charge >= 0.3 is 0 Å². The van der Waals surface area contributed by atoms with Crippen molar-refractivity contribution in [3.05, 3.63) is 20.7 Å². The fourth-order valence-corrected chi connectivity index (χ4v) is 1.63. The molecule has 0 spiro atoms. The summed E-state index contributed by atoms with van der Waals surface area (Å²) in [6.07, 6.45) is 1.01. The zero-order chi connectivity index (χ0) is 10.9. The summed E-state index contributed by atoms with van der Waals surface area (Å²) >= 11 is 2.79. The summed E-state index contributed by atoms with van der Waals surface area (Å²) in [6.45, 7) is 0. The molecule has 0 aliphatic heterocycles. The van der Waals surface area contributed by atoms with Crippen LogP contribution in [0.4, 0.5) is 0 Å². The molecule has 14 heavy (non-hydrogen) atoms. The molecule has 0 saturated carbocycles. The van der Waals surface area contributed by atoms with E-state index in [9.17, 15) is 13.2 Å². The molecule has 0 aliphatic carbocycles. The van der Waals surface area contributed by atoms with Crippen molar-refractivity contribution >= 4 is 25.8 Å². The molecule has 1 aromatic heterocycles. The first-order valence-corrected chi connectivity index (χ1v) is 6.30. The van der Waals surface area contributed by atoms with E-state index in [-0.39, 0.29) is 10.3 Å². The van der Waals surface area contributed by atoms with Gasteiger partial charge < -0.3 is 10.1 Å². The van der Waals surface area contributed by atoms with E-state index >= 15 is 0 Å². The third-order valence-electron chi connectivity index (χ3n) is 1.29. The fraction of sp³-hybridized carbons (Fsp3) is 0.333. The number of H-pyrrole nitrogens is 1. The van der Waals surface area contributed by atoms with Crippen LogP contribution in [0, 0.1) is 0 Å². The van der Waals surface area contributed by atoms with Crippen molar-refractivity contribution in [2.75, 3.05) is 6.26 Å². The lowest BCUT2D eigenvalue weighted by molar-refractivity contribution is 0.444. The molecule has 0 aromatic carbocycles. The van der Waals surface area contributed by atoms with E-state index in [4.69, 9.17) is 5.11 Å². The molecule has 0 unspecified atom stereocenters. The van der Waals surface area contributed by atoms with Gasteiger partial charge in [0, 0.05) is 6.26 Å². The minimum atomic E-state index is -3.28. The third kappa shape index (κ3) is 2.81. The Morgan fingerprint density at radius 1 is 1.57 bits per heavy atom. The van der Waals surface area contributed by atoms with Crippen LogP contribution in [0.25, 0.3) is 0 Å². The van der Waals surface area contributed by atoms with Crippen LogP contribution in [0.15, 0.2) is 9.27 Å². The summed E-state index contributed by atoms with van der Waals surface area (Å²) in [5, 5.41) is 9.10. The van der Waals surface area contributed by atoms with E-state index in [2.05, 4.69) is 25.9 Å². The molecular weight excluding hydrogens is 276 g/mol. The quantitative estimate of drug-likeness (QED) is 0.781. The van der Waals surface area contributed by atoms with Crippen LogP contribution < -0.4 is 5.56 Å². The zero-order valence-electron chi connectivity index (χ0n) is 7.11. The number of hydrogen-bond acceptors (Lipinski definition) is 5. The number of aromatic amines is 1. The Bertz CT molecular complexity index is 507. The van der Waals surface area contributed by atoms with Gasteiger partial charge in [-0.05, 0) is 15.9 Å². The largest absolute Gasteiger partial charge is 0.492 e. The predicted octanol–water partition coefficient (Wildman–Crippen LogP) is -0.217. The maximum absolute atomic E-state index is 11.0. The molecule has 0 saturated heterocycles. The van der Waals surface area contributed by atoms with Gasteiger partial charge in [0.05, 0.1) is 0 Å². The van der Waals surface area contributed by atoms with Crippen LogP contribution in [0.5, 0.6) is 5.88 Å². The normalized spacial score (nSPS) is 11.6. The van der Waals surface area contributed by atoms with Crippen molar-refractivity contribution in [1.29, 1.82) is 0 Å². The molecule has 1 aromatic rings. The van der Waals surface area contributed by atoms with Gasteiger partial charge in [0.1, 0.15) is 16.0 Å². The van der Waals surface area contributed by atoms with Crippen molar-refractivity contribution in [1.82, 2.24) is 9.97 Å². The van der Waals surface area contributed by atoms with Crippen molar-refractivity contribution in [3.63, 3.8) is 0 Å². The fourth-order valence-electron chi connectivity index (χ4n) is 0.809. The van der Waals surface area contributed by atoms with E-state index < -0.39 is 27.0 Å². The van der Waals surface area contributed by atoms with Gasteiger partial charge in [-0.3, -0.25) is 4.79 Å². The van der Waals surface area contributed by atoms with Gasteiger partial charge in [-0.2, -0.15) is 4.98 Å². The van der Waals surface area contributed by atoms with Gasteiger partial charge in [-0.15, -0.1) is 0 Å². The Morgan fingerprint density at radius 3 is 2.57 bits per heavy atom. The molecule has 78 valence electrons. The van der Waals surface area contributed by atoms with Crippen LogP contribution in [0.2, 0.25) is 0 Å². The molecule has 1 heterocycles. The molecule has 0 bridgehead atoms. The van der Waals surface area contributed by atoms with Crippen LogP contribution in [0.1, 0.15) is 5.82 Å². The molecule has 0 amide bonds. The molecular formula is C6H7BrN2O4S. The SMILES string of the molecule is CS(=O)(=O)Cc1nc(O)c(Br)c(=O)[nH]1. The second-order valence-electron chi connectivity index (χ2n) is 2.72. The molecule has 1 rings (SSSR count). The van der Waals surface area contributed by atoms with Crippen molar-refractivity contribution in [2.24, 2.45) is 0 Å². The molecule has 0 radical (unpaired) electrons. The second kappa shape index (κ2) is 3.70. The minimum absolute atomic E-state index is 0.0850. The van der Waals surface area contributed by atoms with E-state index in [1.807, 2.05) is 0 Å². The zero-order valence-corrected chi connectivity index (χ0v) is 9.51. The lowest BCUT2D eigenvalue weighted by Crippen LogP contribution is -2.14. The molecule has 6 nitrogen and oxygen atoms in total. The topological polar surface area (TPSA) is 100 Å². The average molecular weight is 283 g/mol. The molecule has 0 atom stereocenters.